The van der Waals surface area contributed by atoms with Gasteiger partial charge in [-0.3, -0.25) is 4.98 Å². The minimum atomic E-state index is -4.39. The zero-order chi connectivity index (χ0) is 14.0. The molecule has 0 aliphatic rings. The standard InChI is InChI=1S/C13H9ClF3NO/c1-19-12-6-8(2-4-10(12)14)11-5-3-9(7-18-11)13(15,16)17/h2-7H,1H3. The predicted molar refractivity (Wildman–Crippen MR) is 66.2 cm³/mol. The number of hydrogen-bond acceptors (Lipinski definition) is 2. The third-order valence-electron chi connectivity index (χ3n) is 2.54. The van der Waals surface area contributed by atoms with Gasteiger partial charge in [0.25, 0.3) is 0 Å². The van der Waals surface area contributed by atoms with Crippen LogP contribution in [-0.2, 0) is 6.18 Å². The zero-order valence-corrected chi connectivity index (χ0v) is 10.6. The number of nitrogens with zero attached hydrogens (tertiary/aromatic N) is 1. The second kappa shape index (κ2) is 5.09. The minimum Gasteiger partial charge on any atom is -0.495 e. The molecular weight excluding hydrogens is 279 g/mol. The van der Waals surface area contributed by atoms with Gasteiger partial charge in [-0.1, -0.05) is 17.7 Å². The fraction of sp³-hybridized carbons (Fsp3) is 0.154. The zero-order valence-electron chi connectivity index (χ0n) is 9.83. The second-order valence-electron chi connectivity index (χ2n) is 3.78. The topological polar surface area (TPSA) is 22.1 Å². The molecular formula is C13H9ClF3NO. The summed E-state index contributed by atoms with van der Waals surface area (Å²) in [4.78, 5) is 3.80. The molecule has 0 aliphatic heterocycles. The summed E-state index contributed by atoms with van der Waals surface area (Å²) < 4.78 is 42.3. The van der Waals surface area contributed by atoms with Crippen LogP contribution < -0.4 is 4.74 Å². The summed E-state index contributed by atoms with van der Waals surface area (Å²) in [6.45, 7) is 0. The summed E-state index contributed by atoms with van der Waals surface area (Å²) in [5.74, 6) is 0.445. The van der Waals surface area contributed by atoms with Crippen LogP contribution in [0.15, 0.2) is 36.5 Å². The van der Waals surface area contributed by atoms with Crippen molar-refractivity contribution in [2.24, 2.45) is 0 Å². The third-order valence-corrected chi connectivity index (χ3v) is 2.85. The molecule has 0 unspecified atom stereocenters. The van der Waals surface area contributed by atoms with Crippen molar-refractivity contribution in [2.75, 3.05) is 7.11 Å². The highest BCUT2D eigenvalue weighted by Gasteiger charge is 2.30. The lowest BCUT2D eigenvalue weighted by Crippen LogP contribution is -2.05. The van der Waals surface area contributed by atoms with Crippen LogP contribution >= 0.6 is 11.6 Å². The molecule has 0 N–H and O–H groups in total. The Balaban J connectivity index is 2.37. The largest absolute Gasteiger partial charge is 0.495 e. The van der Waals surface area contributed by atoms with Crippen molar-refractivity contribution >= 4 is 11.6 Å². The van der Waals surface area contributed by atoms with Crippen molar-refractivity contribution < 1.29 is 17.9 Å². The van der Waals surface area contributed by atoms with Crippen molar-refractivity contribution in [1.29, 1.82) is 0 Å². The molecule has 0 atom stereocenters. The van der Waals surface area contributed by atoms with Gasteiger partial charge in [0.15, 0.2) is 0 Å². The van der Waals surface area contributed by atoms with Crippen molar-refractivity contribution in [1.82, 2.24) is 4.98 Å². The fourth-order valence-corrected chi connectivity index (χ4v) is 1.75. The van der Waals surface area contributed by atoms with Crippen LogP contribution in [0.4, 0.5) is 13.2 Å². The quantitative estimate of drug-likeness (QED) is 0.815. The maximum atomic E-state index is 12.4. The molecule has 0 radical (unpaired) electrons. The Hall–Kier alpha value is -1.75. The number of hydrogen-bond donors (Lipinski definition) is 0. The number of ether oxygens (including phenoxy) is 1. The lowest BCUT2D eigenvalue weighted by molar-refractivity contribution is -0.137. The summed E-state index contributed by atoms with van der Waals surface area (Å²) in [6.07, 6.45) is -3.58. The van der Waals surface area contributed by atoms with Gasteiger partial charge in [0.1, 0.15) is 5.75 Å². The number of benzene rings is 1. The van der Waals surface area contributed by atoms with Crippen molar-refractivity contribution in [2.45, 2.75) is 6.18 Å². The monoisotopic (exact) mass is 287 g/mol. The summed E-state index contributed by atoms with van der Waals surface area (Å²) in [5, 5.41) is 0.429. The first-order valence-corrected chi connectivity index (χ1v) is 5.67. The maximum Gasteiger partial charge on any atom is 0.417 e. The van der Waals surface area contributed by atoms with E-state index in [1.165, 1.54) is 13.2 Å². The summed E-state index contributed by atoms with van der Waals surface area (Å²) >= 11 is 5.87. The normalized spacial score (nSPS) is 11.4. The molecule has 2 aromatic rings. The molecule has 0 bridgehead atoms. The first-order valence-electron chi connectivity index (χ1n) is 5.29. The highest BCUT2D eigenvalue weighted by molar-refractivity contribution is 6.32. The van der Waals surface area contributed by atoms with Crippen molar-refractivity contribution in [3.63, 3.8) is 0 Å². The SMILES string of the molecule is COc1cc(-c2ccc(C(F)(F)F)cn2)ccc1Cl. The lowest BCUT2D eigenvalue weighted by Gasteiger charge is -2.08. The number of alkyl halides is 3. The summed E-state index contributed by atoms with van der Waals surface area (Å²) in [7, 11) is 1.46. The van der Waals surface area contributed by atoms with E-state index in [9.17, 15) is 13.2 Å². The van der Waals surface area contributed by atoms with Crippen LogP contribution in [0.1, 0.15) is 5.56 Å². The van der Waals surface area contributed by atoms with Crippen LogP contribution in [0.5, 0.6) is 5.75 Å². The Kier molecular flexibility index (Phi) is 3.66. The van der Waals surface area contributed by atoms with E-state index < -0.39 is 11.7 Å². The van der Waals surface area contributed by atoms with E-state index >= 15 is 0 Å². The van der Waals surface area contributed by atoms with Crippen molar-refractivity contribution in [3.05, 3.63) is 47.1 Å². The first-order chi connectivity index (χ1) is 8.91. The Morgan fingerprint density at radius 3 is 2.42 bits per heavy atom. The molecule has 0 fully saturated rings. The summed E-state index contributed by atoms with van der Waals surface area (Å²) in [6, 6.07) is 7.20. The predicted octanol–water partition coefficient (Wildman–Crippen LogP) is 4.43. The van der Waals surface area contributed by atoms with Gasteiger partial charge >= 0.3 is 6.18 Å². The van der Waals surface area contributed by atoms with Gasteiger partial charge in [-0.05, 0) is 24.3 Å². The van der Waals surface area contributed by atoms with Gasteiger partial charge in [-0.25, -0.2) is 0 Å². The smallest absolute Gasteiger partial charge is 0.417 e. The molecule has 0 aliphatic carbocycles. The number of rotatable bonds is 2. The molecule has 19 heavy (non-hydrogen) atoms. The highest BCUT2D eigenvalue weighted by atomic mass is 35.5. The van der Waals surface area contributed by atoms with E-state index in [0.717, 1.165) is 12.3 Å². The highest BCUT2D eigenvalue weighted by Crippen LogP contribution is 2.32. The Labute approximate surface area is 112 Å². The van der Waals surface area contributed by atoms with E-state index in [0.29, 0.717) is 22.0 Å². The average Bonchev–Trinajstić information content (AvgIpc) is 2.38. The molecule has 0 amide bonds. The van der Waals surface area contributed by atoms with Gasteiger partial charge in [-0.15, -0.1) is 0 Å². The number of methoxy groups -OCH3 is 1. The van der Waals surface area contributed by atoms with Crippen LogP contribution in [0.2, 0.25) is 5.02 Å². The average molecular weight is 288 g/mol. The number of aromatic nitrogens is 1. The lowest BCUT2D eigenvalue weighted by atomic mass is 10.1. The van der Waals surface area contributed by atoms with Gasteiger partial charge in [0, 0.05) is 11.8 Å². The van der Waals surface area contributed by atoms with Crippen LogP contribution in [0.3, 0.4) is 0 Å². The van der Waals surface area contributed by atoms with E-state index in [4.69, 9.17) is 16.3 Å². The van der Waals surface area contributed by atoms with E-state index in [-0.39, 0.29) is 0 Å². The number of halogens is 4. The first kappa shape index (κ1) is 13.7. The maximum absolute atomic E-state index is 12.4. The van der Waals surface area contributed by atoms with Crippen molar-refractivity contribution in [3.8, 4) is 17.0 Å². The molecule has 0 saturated heterocycles. The van der Waals surface area contributed by atoms with Gasteiger partial charge in [-0.2, -0.15) is 13.2 Å². The molecule has 1 aromatic carbocycles. The molecule has 0 spiro atoms. The number of pyridine rings is 1. The molecule has 0 saturated carbocycles. The third kappa shape index (κ3) is 2.98. The molecule has 1 aromatic heterocycles. The Morgan fingerprint density at radius 1 is 1.16 bits per heavy atom. The molecule has 2 nitrogen and oxygen atoms in total. The van der Waals surface area contributed by atoms with Crippen LogP contribution in [0, 0.1) is 0 Å². The fourth-order valence-electron chi connectivity index (χ4n) is 1.55. The van der Waals surface area contributed by atoms with E-state index in [1.807, 2.05) is 0 Å². The summed E-state index contributed by atoms with van der Waals surface area (Å²) in [5.41, 5.74) is 0.273. The Morgan fingerprint density at radius 2 is 1.89 bits per heavy atom. The van der Waals surface area contributed by atoms with E-state index in [1.54, 1.807) is 18.2 Å². The molecule has 100 valence electrons. The Bertz CT molecular complexity index is 581. The van der Waals surface area contributed by atoms with Gasteiger partial charge in [0.05, 0.1) is 23.4 Å². The molecule has 1 heterocycles. The second-order valence-corrected chi connectivity index (χ2v) is 4.19. The van der Waals surface area contributed by atoms with E-state index in [2.05, 4.69) is 4.98 Å². The van der Waals surface area contributed by atoms with Gasteiger partial charge in [0.2, 0.25) is 0 Å². The van der Waals surface area contributed by atoms with Gasteiger partial charge < -0.3 is 4.74 Å². The van der Waals surface area contributed by atoms with Crippen LogP contribution in [0.25, 0.3) is 11.3 Å². The van der Waals surface area contributed by atoms with Crippen LogP contribution in [-0.4, -0.2) is 12.1 Å². The minimum absolute atomic E-state index is 0.419. The molecule has 6 heteroatoms. The molecule has 2 rings (SSSR count).